The number of fused-ring (bicyclic) bond motifs is 1. The van der Waals surface area contributed by atoms with Crippen LogP contribution < -0.4 is 4.80 Å². The van der Waals surface area contributed by atoms with Crippen LogP contribution in [-0.4, -0.2) is 51.0 Å². The Kier molecular flexibility index (Phi) is 6.56. The fourth-order valence-electron chi connectivity index (χ4n) is 3.13. The van der Waals surface area contributed by atoms with Crippen LogP contribution in [0.5, 0.6) is 0 Å². The number of hydrogen-bond donors (Lipinski definition) is 0. The van der Waals surface area contributed by atoms with Crippen molar-refractivity contribution in [2.24, 2.45) is 4.99 Å². The minimum Gasteiger partial charge on any atom is -0.383 e. The zero-order chi connectivity index (χ0) is 22.1. The molecule has 0 aliphatic rings. The summed E-state index contributed by atoms with van der Waals surface area (Å²) in [5, 5.41) is 0. The molecule has 0 aliphatic heterocycles. The van der Waals surface area contributed by atoms with Crippen molar-refractivity contribution >= 4 is 37.5 Å². The molecule has 2 aromatic carbocycles. The summed E-state index contributed by atoms with van der Waals surface area (Å²) in [4.78, 5) is 17.9. The van der Waals surface area contributed by atoms with E-state index in [1.165, 1.54) is 49.7 Å². The van der Waals surface area contributed by atoms with Gasteiger partial charge in [-0.3, -0.25) is 4.79 Å². The molecule has 0 aliphatic carbocycles. The number of carbonyl (C=O) groups is 1. The van der Waals surface area contributed by atoms with Gasteiger partial charge < -0.3 is 9.30 Å². The van der Waals surface area contributed by atoms with Gasteiger partial charge in [0.05, 0.1) is 21.7 Å². The second kappa shape index (κ2) is 8.81. The third kappa shape index (κ3) is 4.39. The van der Waals surface area contributed by atoms with Gasteiger partial charge >= 0.3 is 0 Å². The molecule has 0 bridgehead atoms. The fraction of sp³-hybridized carbons (Fsp3) is 0.333. The molecule has 1 aromatic heterocycles. The quantitative estimate of drug-likeness (QED) is 0.582. The number of amides is 1. The highest BCUT2D eigenvalue weighted by atomic mass is 32.2. The molecule has 9 heteroatoms. The van der Waals surface area contributed by atoms with Gasteiger partial charge in [-0.15, -0.1) is 0 Å². The molecular formula is C21H25N3O4S2. The van der Waals surface area contributed by atoms with Gasteiger partial charge in [0.1, 0.15) is 0 Å². The Morgan fingerprint density at radius 3 is 2.43 bits per heavy atom. The van der Waals surface area contributed by atoms with Crippen molar-refractivity contribution in [1.29, 1.82) is 0 Å². The Bertz CT molecular complexity index is 1250. The number of carbonyl (C=O) groups excluding carboxylic acids is 1. The number of rotatable bonds is 6. The summed E-state index contributed by atoms with van der Waals surface area (Å²) in [6.45, 7) is 5.15. The molecule has 0 N–H and O–H groups in total. The third-order valence-electron chi connectivity index (χ3n) is 4.71. The zero-order valence-electron chi connectivity index (χ0n) is 17.7. The Balaban J connectivity index is 2.06. The first-order valence-electron chi connectivity index (χ1n) is 9.36. The van der Waals surface area contributed by atoms with Gasteiger partial charge in [-0.2, -0.15) is 4.99 Å². The average molecular weight is 448 g/mol. The molecule has 0 spiro atoms. The number of ether oxygens (including phenoxy) is 1. The number of nitrogens with zero attached hydrogens (tertiary/aromatic N) is 3. The molecule has 0 radical (unpaired) electrons. The van der Waals surface area contributed by atoms with Crippen molar-refractivity contribution in [1.82, 2.24) is 8.87 Å². The first-order valence-corrected chi connectivity index (χ1v) is 11.6. The molecule has 1 amide bonds. The van der Waals surface area contributed by atoms with E-state index in [0.29, 0.717) is 23.5 Å². The molecular weight excluding hydrogens is 422 g/mol. The number of benzene rings is 2. The van der Waals surface area contributed by atoms with E-state index in [9.17, 15) is 13.2 Å². The lowest BCUT2D eigenvalue weighted by atomic mass is 10.1. The molecule has 7 nitrogen and oxygen atoms in total. The second-order valence-corrected chi connectivity index (χ2v) is 10.3. The first kappa shape index (κ1) is 22.4. The predicted molar refractivity (Wildman–Crippen MR) is 118 cm³/mol. The normalized spacial score (nSPS) is 12.8. The average Bonchev–Trinajstić information content (AvgIpc) is 3.03. The van der Waals surface area contributed by atoms with E-state index in [0.717, 1.165) is 25.6 Å². The molecule has 30 heavy (non-hydrogen) atoms. The zero-order valence-corrected chi connectivity index (χ0v) is 19.3. The van der Waals surface area contributed by atoms with E-state index in [1.807, 2.05) is 18.4 Å². The molecule has 0 atom stereocenters. The lowest BCUT2D eigenvalue weighted by Gasteiger charge is -2.11. The maximum absolute atomic E-state index is 12.8. The summed E-state index contributed by atoms with van der Waals surface area (Å²) < 4.78 is 33.9. The van der Waals surface area contributed by atoms with Crippen LogP contribution in [0.2, 0.25) is 0 Å². The van der Waals surface area contributed by atoms with E-state index in [-0.39, 0.29) is 4.90 Å². The summed E-state index contributed by atoms with van der Waals surface area (Å²) in [5.74, 6) is -0.420. The SMILES string of the molecule is COCCn1c(=NC(=O)c2ccc(S(=O)(=O)N(C)C)cc2)sc2c(C)cc(C)cc21. The first-order chi connectivity index (χ1) is 14.1. The van der Waals surface area contributed by atoms with E-state index in [2.05, 4.69) is 17.1 Å². The summed E-state index contributed by atoms with van der Waals surface area (Å²) in [6.07, 6.45) is 0. The van der Waals surface area contributed by atoms with Gasteiger partial charge in [0, 0.05) is 33.3 Å². The van der Waals surface area contributed by atoms with Gasteiger partial charge in [-0.1, -0.05) is 17.4 Å². The van der Waals surface area contributed by atoms with E-state index in [1.54, 1.807) is 7.11 Å². The van der Waals surface area contributed by atoms with Crippen LogP contribution in [0.3, 0.4) is 0 Å². The van der Waals surface area contributed by atoms with Crippen LogP contribution in [0.25, 0.3) is 10.2 Å². The fourth-order valence-corrected chi connectivity index (χ4v) is 5.13. The molecule has 0 unspecified atom stereocenters. The van der Waals surface area contributed by atoms with Crippen LogP contribution in [0.1, 0.15) is 21.5 Å². The smallest absolute Gasteiger partial charge is 0.279 e. The van der Waals surface area contributed by atoms with Crippen LogP contribution in [-0.2, 0) is 21.3 Å². The number of aryl methyl sites for hydroxylation is 2. The van der Waals surface area contributed by atoms with Crippen molar-refractivity contribution in [2.45, 2.75) is 25.3 Å². The van der Waals surface area contributed by atoms with Crippen molar-refractivity contribution in [3.63, 3.8) is 0 Å². The highest BCUT2D eigenvalue weighted by Crippen LogP contribution is 2.23. The lowest BCUT2D eigenvalue weighted by Crippen LogP contribution is -2.22. The topological polar surface area (TPSA) is 81.0 Å². The van der Waals surface area contributed by atoms with Gasteiger partial charge in [-0.05, 0) is 55.3 Å². The number of hydrogen-bond acceptors (Lipinski definition) is 5. The molecule has 0 saturated heterocycles. The summed E-state index contributed by atoms with van der Waals surface area (Å²) in [7, 11) is 1.02. The molecule has 160 valence electrons. The third-order valence-corrected chi connectivity index (χ3v) is 7.77. The van der Waals surface area contributed by atoms with E-state index >= 15 is 0 Å². The van der Waals surface area contributed by atoms with Crippen molar-refractivity contribution in [2.75, 3.05) is 27.8 Å². The van der Waals surface area contributed by atoms with E-state index < -0.39 is 15.9 Å². The summed E-state index contributed by atoms with van der Waals surface area (Å²) in [5.41, 5.74) is 3.62. The maximum atomic E-state index is 12.8. The Hall–Kier alpha value is -2.33. The molecule has 0 saturated carbocycles. The van der Waals surface area contributed by atoms with Crippen molar-refractivity contribution in [3.05, 3.63) is 57.9 Å². The minimum absolute atomic E-state index is 0.132. The van der Waals surface area contributed by atoms with Gasteiger partial charge in [0.15, 0.2) is 4.80 Å². The van der Waals surface area contributed by atoms with Crippen molar-refractivity contribution in [3.8, 4) is 0 Å². The van der Waals surface area contributed by atoms with Crippen molar-refractivity contribution < 1.29 is 17.9 Å². The van der Waals surface area contributed by atoms with Gasteiger partial charge in [0.2, 0.25) is 10.0 Å². The highest BCUT2D eigenvalue weighted by Gasteiger charge is 2.18. The summed E-state index contributed by atoms with van der Waals surface area (Å²) >= 11 is 1.46. The molecule has 3 rings (SSSR count). The second-order valence-electron chi connectivity index (χ2n) is 7.19. The Morgan fingerprint density at radius 2 is 1.83 bits per heavy atom. The van der Waals surface area contributed by atoms with Gasteiger partial charge in [-0.25, -0.2) is 12.7 Å². The monoisotopic (exact) mass is 447 g/mol. The van der Waals surface area contributed by atoms with Crippen LogP contribution >= 0.6 is 11.3 Å². The predicted octanol–water partition coefficient (Wildman–Crippen LogP) is 2.96. The number of thiazole rings is 1. The highest BCUT2D eigenvalue weighted by molar-refractivity contribution is 7.89. The maximum Gasteiger partial charge on any atom is 0.279 e. The standard InChI is InChI=1S/C21H25N3O4S2/c1-14-12-15(2)19-18(13-14)24(10-11-28-5)21(29-19)22-20(25)16-6-8-17(9-7-16)30(26,27)23(3)4/h6-9,12-13H,10-11H2,1-5H3. The number of sulfonamides is 1. The van der Waals surface area contributed by atoms with E-state index in [4.69, 9.17) is 4.74 Å². The molecule has 0 fully saturated rings. The Morgan fingerprint density at radius 1 is 1.17 bits per heavy atom. The van der Waals surface area contributed by atoms with Gasteiger partial charge in [0.25, 0.3) is 5.91 Å². The van der Waals surface area contributed by atoms with Crippen LogP contribution in [0.15, 0.2) is 46.3 Å². The summed E-state index contributed by atoms with van der Waals surface area (Å²) in [6, 6.07) is 10.0. The minimum atomic E-state index is -3.55. The van der Waals surface area contributed by atoms with Crippen LogP contribution in [0.4, 0.5) is 0 Å². The molecule has 3 aromatic rings. The molecule has 1 heterocycles. The number of aromatic nitrogens is 1. The lowest BCUT2D eigenvalue weighted by molar-refractivity contribution is 0.0997. The number of methoxy groups -OCH3 is 1. The Labute approximate surface area is 180 Å². The van der Waals surface area contributed by atoms with Crippen LogP contribution in [0, 0.1) is 13.8 Å². The largest absolute Gasteiger partial charge is 0.383 e.